The van der Waals surface area contributed by atoms with Crippen molar-refractivity contribution in [2.24, 2.45) is 11.7 Å². The number of carbonyl (C=O) groups excluding carboxylic acids is 1. The van der Waals surface area contributed by atoms with Crippen molar-refractivity contribution in [3.05, 3.63) is 27.2 Å². The van der Waals surface area contributed by atoms with Gasteiger partial charge in [-0.25, -0.2) is 0 Å². The molecule has 3 N–H and O–H groups in total. The highest BCUT2D eigenvalue weighted by molar-refractivity contribution is 6.42. The second-order valence-electron chi connectivity index (χ2n) is 5.77. The van der Waals surface area contributed by atoms with Crippen molar-refractivity contribution in [2.75, 3.05) is 25.0 Å². The highest BCUT2D eigenvalue weighted by Gasteiger charge is 2.23. The molecular formula is C15H20Cl3N3O. The lowest BCUT2D eigenvalue weighted by molar-refractivity contribution is -0.117. The summed E-state index contributed by atoms with van der Waals surface area (Å²) in [4.78, 5) is 14.3. The van der Waals surface area contributed by atoms with Crippen molar-refractivity contribution >= 4 is 46.4 Å². The molecule has 4 nitrogen and oxygen atoms in total. The SMILES string of the molecule is CC(N)C1CCN(CC(=O)Nc2c(Cl)cc(Cl)cc2Cl)CC1. The predicted octanol–water partition coefficient (Wildman–Crippen LogP) is 3.64. The highest BCUT2D eigenvalue weighted by atomic mass is 35.5. The van der Waals surface area contributed by atoms with Gasteiger partial charge in [-0.15, -0.1) is 0 Å². The van der Waals surface area contributed by atoms with Crippen LogP contribution in [0.15, 0.2) is 12.1 Å². The summed E-state index contributed by atoms with van der Waals surface area (Å²) in [6, 6.07) is 3.32. The lowest BCUT2D eigenvalue weighted by atomic mass is 9.91. The average molecular weight is 365 g/mol. The zero-order chi connectivity index (χ0) is 16.3. The van der Waals surface area contributed by atoms with Gasteiger partial charge in [0, 0.05) is 11.1 Å². The molecule has 1 amide bonds. The van der Waals surface area contributed by atoms with Crippen LogP contribution < -0.4 is 11.1 Å². The standard InChI is InChI=1S/C15H20Cl3N3O/c1-9(19)10-2-4-21(5-3-10)8-14(22)20-15-12(17)6-11(16)7-13(15)18/h6-7,9-10H,2-5,8,19H2,1H3,(H,20,22). The van der Waals surface area contributed by atoms with Crippen LogP contribution in [0.4, 0.5) is 5.69 Å². The van der Waals surface area contributed by atoms with Gasteiger partial charge in [-0.2, -0.15) is 0 Å². The maximum absolute atomic E-state index is 12.2. The van der Waals surface area contributed by atoms with Gasteiger partial charge < -0.3 is 11.1 Å². The van der Waals surface area contributed by atoms with Crippen LogP contribution in [-0.2, 0) is 4.79 Å². The van der Waals surface area contributed by atoms with Crippen molar-refractivity contribution in [2.45, 2.75) is 25.8 Å². The van der Waals surface area contributed by atoms with Crippen LogP contribution >= 0.6 is 34.8 Å². The lowest BCUT2D eigenvalue weighted by Gasteiger charge is -2.33. The molecule has 1 unspecified atom stereocenters. The summed E-state index contributed by atoms with van der Waals surface area (Å²) in [5.74, 6) is 0.407. The number of nitrogens with one attached hydrogen (secondary N) is 1. The number of likely N-dealkylation sites (tertiary alicyclic amines) is 1. The first-order chi connectivity index (χ1) is 10.4. The van der Waals surface area contributed by atoms with Crippen LogP contribution in [0.2, 0.25) is 15.1 Å². The molecule has 1 aromatic rings. The number of piperidine rings is 1. The van der Waals surface area contributed by atoms with Gasteiger partial charge in [0.2, 0.25) is 5.91 Å². The number of halogens is 3. The first-order valence-corrected chi connectivity index (χ1v) is 8.42. The number of carbonyl (C=O) groups is 1. The van der Waals surface area contributed by atoms with E-state index in [-0.39, 0.29) is 11.9 Å². The molecule has 1 fully saturated rings. The van der Waals surface area contributed by atoms with E-state index >= 15 is 0 Å². The summed E-state index contributed by atoms with van der Waals surface area (Å²) < 4.78 is 0. The third-order valence-corrected chi connectivity index (χ3v) is 4.83. The van der Waals surface area contributed by atoms with Crippen molar-refractivity contribution < 1.29 is 4.79 Å². The highest BCUT2D eigenvalue weighted by Crippen LogP contribution is 2.33. The van der Waals surface area contributed by atoms with Crippen molar-refractivity contribution in [3.63, 3.8) is 0 Å². The monoisotopic (exact) mass is 363 g/mol. The summed E-state index contributed by atoms with van der Waals surface area (Å²) in [6.45, 7) is 4.11. The zero-order valence-corrected chi connectivity index (χ0v) is 14.7. The molecule has 1 aromatic carbocycles. The summed E-state index contributed by atoms with van der Waals surface area (Å²) in [5.41, 5.74) is 6.33. The third kappa shape index (κ3) is 4.74. The Morgan fingerprint density at radius 1 is 1.32 bits per heavy atom. The Morgan fingerprint density at radius 2 is 1.86 bits per heavy atom. The van der Waals surface area contributed by atoms with E-state index in [9.17, 15) is 4.79 Å². The molecule has 0 spiro atoms. The minimum absolute atomic E-state index is 0.134. The molecule has 1 aliphatic heterocycles. The average Bonchev–Trinajstić information content (AvgIpc) is 2.43. The van der Waals surface area contributed by atoms with Crippen molar-refractivity contribution in [3.8, 4) is 0 Å². The Bertz CT molecular complexity index is 520. The minimum Gasteiger partial charge on any atom is -0.328 e. The van der Waals surface area contributed by atoms with E-state index < -0.39 is 0 Å². The lowest BCUT2D eigenvalue weighted by Crippen LogP contribution is -2.42. The number of hydrogen-bond donors (Lipinski definition) is 2. The number of nitrogens with two attached hydrogens (primary N) is 1. The van der Waals surface area contributed by atoms with E-state index in [1.807, 2.05) is 6.92 Å². The van der Waals surface area contributed by atoms with Crippen LogP contribution in [0.3, 0.4) is 0 Å². The molecule has 0 aromatic heterocycles. The second-order valence-corrected chi connectivity index (χ2v) is 7.02. The predicted molar refractivity (Wildman–Crippen MR) is 92.9 cm³/mol. The molecule has 0 bridgehead atoms. The van der Waals surface area contributed by atoms with Gasteiger partial charge in [-0.3, -0.25) is 9.69 Å². The van der Waals surface area contributed by atoms with Gasteiger partial charge in [0.1, 0.15) is 0 Å². The Morgan fingerprint density at radius 3 is 2.36 bits per heavy atom. The van der Waals surface area contributed by atoms with E-state index in [0.29, 0.717) is 33.2 Å². The van der Waals surface area contributed by atoms with E-state index in [2.05, 4.69) is 10.2 Å². The molecule has 1 saturated heterocycles. The fourth-order valence-electron chi connectivity index (χ4n) is 2.68. The summed E-state index contributed by atoms with van der Waals surface area (Å²) in [7, 11) is 0. The first-order valence-electron chi connectivity index (χ1n) is 7.29. The smallest absolute Gasteiger partial charge is 0.238 e. The van der Waals surface area contributed by atoms with Gasteiger partial charge in [0.25, 0.3) is 0 Å². The minimum atomic E-state index is -0.134. The molecule has 22 heavy (non-hydrogen) atoms. The maximum Gasteiger partial charge on any atom is 0.238 e. The van der Waals surface area contributed by atoms with Gasteiger partial charge in [-0.1, -0.05) is 34.8 Å². The molecule has 0 saturated carbocycles. The van der Waals surface area contributed by atoms with E-state index in [0.717, 1.165) is 25.9 Å². The molecule has 1 aliphatic rings. The molecule has 1 atom stereocenters. The zero-order valence-electron chi connectivity index (χ0n) is 12.4. The third-order valence-electron chi connectivity index (χ3n) is 4.01. The number of rotatable bonds is 4. The van der Waals surface area contributed by atoms with Crippen LogP contribution in [0, 0.1) is 5.92 Å². The van der Waals surface area contributed by atoms with Crippen LogP contribution in [0.25, 0.3) is 0 Å². The Balaban J connectivity index is 1.89. The molecule has 0 aliphatic carbocycles. The summed E-state index contributed by atoms with van der Waals surface area (Å²) in [5, 5.41) is 3.86. The number of anilines is 1. The van der Waals surface area contributed by atoms with Gasteiger partial charge in [-0.05, 0) is 50.9 Å². The number of benzene rings is 1. The van der Waals surface area contributed by atoms with Crippen molar-refractivity contribution in [1.82, 2.24) is 4.90 Å². The van der Waals surface area contributed by atoms with Gasteiger partial charge in [0.05, 0.1) is 22.3 Å². The molecule has 1 heterocycles. The fraction of sp³-hybridized carbons (Fsp3) is 0.533. The normalized spacial score (nSPS) is 18.2. The Labute approximate surface area is 145 Å². The molecular weight excluding hydrogens is 345 g/mol. The van der Waals surface area contributed by atoms with Gasteiger partial charge >= 0.3 is 0 Å². The second kappa shape index (κ2) is 7.84. The number of amides is 1. The fourth-order valence-corrected chi connectivity index (χ4v) is 3.59. The van der Waals surface area contributed by atoms with Crippen LogP contribution in [-0.4, -0.2) is 36.5 Å². The van der Waals surface area contributed by atoms with Crippen LogP contribution in [0.1, 0.15) is 19.8 Å². The van der Waals surface area contributed by atoms with E-state index in [1.165, 1.54) is 0 Å². The topological polar surface area (TPSA) is 58.4 Å². The number of hydrogen-bond acceptors (Lipinski definition) is 3. The molecule has 122 valence electrons. The molecule has 7 heteroatoms. The summed E-state index contributed by atoms with van der Waals surface area (Å²) in [6.07, 6.45) is 2.04. The molecule has 0 radical (unpaired) electrons. The Kier molecular flexibility index (Phi) is 6.36. The quantitative estimate of drug-likeness (QED) is 0.857. The van der Waals surface area contributed by atoms with Crippen molar-refractivity contribution in [1.29, 1.82) is 0 Å². The largest absolute Gasteiger partial charge is 0.328 e. The maximum atomic E-state index is 12.2. The molecule has 2 rings (SSSR count). The summed E-state index contributed by atoms with van der Waals surface area (Å²) >= 11 is 18.0. The number of nitrogens with zero attached hydrogens (tertiary/aromatic N) is 1. The first kappa shape index (κ1) is 17.8. The Hall–Kier alpha value is -0.520. The van der Waals surface area contributed by atoms with E-state index in [4.69, 9.17) is 40.5 Å². The van der Waals surface area contributed by atoms with Gasteiger partial charge in [0.15, 0.2) is 0 Å². The van der Waals surface area contributed by atoms with Crippen LogP contribution in [0.5, 0.6) is 0 Å². The van der Waals surface area contributed by atoms with E-state index in [1.54, 1.807) is 12.1 Å².